The molecule has 32 heavy (non-hydrogen) atoms. The van der Waals surface area contributed by atoms with E-state index in [9.17, 15) is 19.8 Å². The number of carbonyl (C=O) groups is 2. The second-order valence-corrected chi connectivity index (χ2v) is 8.46. The summed E-state index contributed by atoms with van der Waals surface area (Å²) in [6, 6.07) is 15.0. The van der Waals surface area contributed by atoms with Crippen molar-refractivity contribution in [1.29, 1.82) is 0 Å². The first-order chi connectivity index (χ1) is 15.3. The van der Waals surface area contributed by atoms with Crippen LogP contribution in [0.25, 0.3) is 10.8 Å². The van der Waals surface area contributed by atoms with Crippen molar-refractivity contribution >= 4 is 66.3 Å². The normalized spacial score (nSPS) is 11.0. The minimum atomic E-state index is -0.449. The van der Waals surface area contributed by atoms with Crippen LogP contribution in [-0.2, 0) is 9.59 Å². The summed E-state index contributed by atoms with van der Waals surface area (Å²) < 4.78 is 0.454. The third-order valence-electron chi connectivity index (χ3n) is 4.64. The Labute approximate surface area is 201 Å². The van der Waals surface area contributed by atoms with E-state index >= 15 is 0 Å². The van der Waals surface area contributed by atoms with E-state index in [0.717, 1.165) is 16.5 Å². The van der Waals surface area contributed by atoms with Crippen molar-refractivity contribution < 1.29 is 19.8 Å². The van der Waals surface area contributed by atoms with Gasteiger partial charge < -0.3 is 20.4 Å². The van der Waals surface area contributed by atoms with Crippen molar-refractivity contribution in [1.82, 2.24) is 10.7 Å². The van der Waals surface area contributed by atoms with Crippen LogP contribution in [0.4, 0.5) is 5.69 Å². The summed E-state index contributed by atoms with van der Waals surface area (Å²) in [5.74, 6) is -1.06. The maximum Gasteiger partial charge on any atom is 0.259 e. The van der Waals surface area contributed by atoms with Crippen LogP contribution in [0.2, 0.25) is 0 Å². The molecule has 2 amide bonds. The van der Waals surface area contributed by atoms with E-state index in [0.29, 0.717) is 4.47 Å². The topological polar surface area (TPSA) is 114 Å². The van der Waals surface area contributed by atoms with E-state index in [-0.39, 0.29) is 40.5 Å². The predicted octanol–water partition coefficient (Wildman–Crippen LogP) is 3.48. The van der Waals surface area contributed by atoms with Crippen molar-refractivity contribution in [3.05, 3.63) is 63.0 Å². The fourth-order valence-electron chi connectivity index (χ4n) is 2.96. The van der Waals surface area contributed by atoms with Crippen LogP contribution in [0.15, 0.2) is 62.6 Å². The molecular formula is C22H20Br2N4O4. The third-order valence-corrected chi connectivity index (χ3v) is 5.99. The molecular weight excluding hydrogens is 544 g/mol. The number of phenols is 2. The molecule has 3 aromatic rings. The summed E-state index contributed by atoms with van der Waals surface area (Å²) in [5, 5.41) is 28.4. The van der Waals surface area contributed by atoms with E-state index in [2.05, 4.69) is 47.7 Å². The number of hydrazone groups is 1. The summed E-state index contributed by atoms with van der Waals surface area (Å²) in [6.07, 6.45) is 1.25. The highest BCUT2D eigenvalue weighted by Crippen LogP contribution is 2.40. The molecule has 0 saturated heterocycles. The van der Waals surface area contributed by atoms with E-state index in [1.54, 1.807) is 4.90 Å². The van der Waals surface area contributed by atoms with Crippen LogP contribution in [0.1, 0.15) is 5.56 Å². The monoisotopic (exact) mass is 562 g/mol. The summed E-state index contributed by atoms with van der Waals surface area (Å²) in [5.41, 5.74) is 3.39. The fraction of sp³-hybridized carbons (Fsp3) is 0.136. The van der Waals surface area contributed by atoms with Crippen LogP contribution < -0.4 is 15.6 Å². The minimum absolute atomic E-state index is 0.00931. The Morgan fingerprint density at radius 3 is 2.41 bits per heavy atom. The third kappa shape index (κ3) is 5.57. The molecule has 0 atom stereocenters. The number of rotatable bonds is 7. The van der Waals surface area contributed by atoms with Gasteiger partial charge in [-0.15, -0.1) is 0 Å². The number of nitrogens with one attached hydrogen (secondary N) is 2. The average molecular weight is 564 g/mol. The molecule has 0 aliphatic heterocycles. The van der Waals surface area contributed by atoms with Crippen LogP contribution in [0.5, 0.6) is 11.5 Å². The molecule has 0 fully saturated rings. The fourth-order valence-corrected chi connectivity index (χ4v) is 4.12. The van der Waals surface area contributed by atoms with Crippen molar-refractivity contribution in [2.45, 2.75) is 0 Å². The lowest BCUT2D eigenvalue weighted by Crippen LogP contribution is -2.41. The molecule has 0 radical (unpaired) electrons. The van der Waals surface area contributed by atoms with Gasteiger partial charge in [0.25, 0.3) is 5.91 Å². The second kappa shape index (κ2) is 10.5. The van der Waals surface area contributed by atoms with Gasteiger partial charge in [0.15, 0.2) is 0 Å². The number of likely N-dealkylation sites (N-methyl/N-ethyl adjacent to an activating group) is 1. The van der Waals surface area contributed by atoms with Gasteiger partial charge >= 0.3 is 0 Å². The zero-order valence-electron chi connectivity index (χ0n) is 17.0. The number of hydrogen-bond acceptors (Lipinski definition) is 6. The zero-order chi connectivity index (χ0) is 23.3. The molecule has 0 heterocycles. The maximum atomic E-state index is 12.5. The van der Waals surface area contributed by atoms with E-state index in [4.69, 9.17) is 0 Å². The van der Waals surface area contributed by atoms with Gasteiger partial charge in [0.1, 0.15) is 16.0 Å². The number of carbonyl (C=O) groups excluding carboxylic acids is 2. The highest BCUT2D eigenvalue weighted by molar-refractivity contribution is 9.11. The van der Waals surface area contributed by atoms with Crippen LogP contribution >= 0.6 is 31.9 Å². The molecule has 0 bridgehead atoms. The van der Waals surface area contributed by atoms with Gasteiger partial charge in [-0.3, -0.25) is 9.59 Å². The van der Waals surface area contributed by atoms with Gasteiger partial charge in [-0.25, -0.2) is 5.43 Å². The van der Waals surface area contributed by atoms with Gasteiger partial charge in [-0.2, -0.15) is 5.10 Å². The molecule has 4 N–H and O–H groups in total. The first kappa shape index (κ1) is 23.6. The highest BCUT2D eigenvalue weighted by Gasteiger charge is 2.16. The smallest absolute Gasteiger partial charge is 0.259 e. The Balaban J connectivity index is 1.75. The van der Waals surface area contributed by atoms with E-state index in [1.807, 2.05) is 42.5 Å². The molecule has 0 spiro atoms. The number of amides is 2. The Hall–Kier alpha value is -3.11. The molecule has 3 rings (SSSR count). The van der Waals surface area contributed by atoms with Crippen molar-refractivity contribution in [2.24, 2.45) is 5.10 Å². The van der Waals surface area contributed by atoms with E-state index in [1.165, 1.54) is 19.3 Å². The van der Waals surface area contributed by atoms with Crippen molar-refractivity contribution in [2.75, 3.05) is 25.0 Å². The molecule has 3 aromatic carbocycles. The first-order valence-electron chi connectivity index (χ1n) is 9.46. The molecule has 0 aromatic heterocycles. The quantitative estimate of drug-likeness (QED) is 0.259. The summed E-state index contributed by atoms with van der Waals surface area (Å²) in [4.78, 5) is 26.1. The lowest BCUT2D eigenvalue weighted by Gasteiger charge is -2.23. The number of aromatic hydroxyl groups is 2. The second-order valence-electron chi connectivity index (χ2n) is 6.81. The van der Waals surface area contributed by atoms with Gasteiger partial charge in [0.05, 0.1) is 23.8 Å². The number of benzene rings is 3. The predicted molar refractivity (Wildman–Crippen MR) is 131 cm³/mol. The SMILES string of the molecule is CNC(=O)CN(CC(=O)N/N=C\c1cc(Br)c(O)c(Br)c1O)c1ccc2ccccc2c1. The highest BCUT2D eigenvalue weighted by atomic mass is 79.9. The lowest BCUT2D eigenvalue weighted by atomic mass is 10.1. The first-order valence-corrected chi connectivity index (χ1v) is 11.0. The number of nitrogens with zero attached hydrogens (tertiary/aromatic N) is 2. The molecule has 8 nitrogen and oxygen atoms in total. The van der Waals surface area contributed by atoms with Gasteiger partial charge in [-0.05, 0) is 60.8 Å². The van der Waals surface area contributed by atoms with Crippen LogP contribution in [0.3, 0.4) is 0 Å². The van der Waals surface area contributed by atoms with Gasteiger partial charge in [-0.1, -0.05) is 30.3 Å². The number of hydrogen-bond donors (Lipinski definition) is 4. The molecule has 10 heteroatoms. The minimum Gasteiger partial charge on any atom is -0.506 e. The molecule has 0 unspecified atom stereocenters. The largest absolute Gasteiger partial charge is 0.506 e. The molecule has 0 aliphatic carbocycles. The number of fused-ring (bicyclic) bond motifs is 1. The van der Waals surface area contributed by atoms with E-state index < -0.39 is 5.91 Å². The summed E-state index contributed by atoms with van der Waals surface area (Å²) >= 11 is 6.26. The van der Waals surface area contributed by atoms with Gasteiger partial charge in [0, 0.05) is 18.3 Å². The molecule has 0 saturated carbocycles. The molecule has 0 aliphatic rings. The average Bonchev–Trinajstić information content (AvgIpc) is 2.80. The number of halogens is 2. The maximum absolute atomic E-state index is 12.5. The Bertz CT molecular complexity index is 1200. The van der Waals surface area contributed by atoms with Crippen molar-refractivity contribution in [3.63, 3.8) is 0 Å². The van der Waals surface area contributed by atoms with Crippen LogP contribution in [0, 0.1) is 0 Å². The summed E-state index contributed by atoms with van der Waals surface area (Å²) in [6.45, 7) is -0.122. The number of anilines is 1. The number of phenolic OH excluding ortho intramolecular Hbond substituents is 2. The molecule has 166 valence electrons. The summed E-state index contributed by atoms with van der Waals surface area (Å²) in [7, 11) is 1.53. The lowest BCUT2D eigenvalue weighted by molar-refractivity contribution is -0.120. The van der Waals surface area contributed by atoms with Crippen molar-refractivity contribution in [3.8, 4) is 11.5 Å². The van der Waals surface area contributed by atoms with Gasteiger partial charge in [0.2, 0.25) is 5.91 Å². The Morgan fingerprint density at radius 2 is 1.69 bits per heavy atom. The Morgan fingerprint density at radius 1 is 1.00 bits per heavy atom. The van der Waals surface area contributed by atoms with Crippen LogP contribution in [-0.4, -0.2) is 48.4 Å². The zero-order valence-corrected chi connectivity index (χ0v) is 20.1. The standard InChI is InChI=1S/C22H20Br2N4O4/c1-25-18(29)11-28(16-7-6-13-4-2-3-5-14(13)8-16)12-19(30)27-26-10-15-9-17(23)22(32)20(24)21(15)31/h2-10,31-32H,11-12H2,1H3,(H,25,29)(H,27,30)/b26-10-. The Kier molecular flexibility index (Phi) is 7.70.